The molecule has 3 rings (SSSR count). The number of rotatable bonds is 4. The molecule has 0 atom stereocenters. The number of hydrogen-bond donors (Lipinski definition) is 1. The maximum Gasteiger partial charge on any atom is 0.238 e. The Kier molecular flexibility index (Phi) is 3.87. The summed E-state index contributed by atoms with van der Waals surface area (Å²) >= 11 is 11.1. The Morgan fingerprint density at radius 3 is 3.15 bits per heavy atom. The van der Waals surface area contributed by atoms with Crippen LogP contribution in [0.4, 0.5) is 5.69 Å². The molecule has 0 aliphatic carbocycles. The van der Waals surface area contributed by atoms with Crippen molar-refractivity contribution >= 4 is 49.5 Å². The van der Waals surface area contributed by atoms with Crippen LogP contribution in [-0.2, 0) is 6.54 Å². The molecule has 0 spiro atoms. The smallest absolute Gasteiger partial charge is 0.238 e. The van der Waals surface area contributed by atoms with Crippen molar-refractivity contribution in [3.05, 3.63) is 45.0 Å². The third kappa shape index (κ3) is 2.39. The molecule has 0 unspecified atom stereocenters. The largest absolute Gasteiger partial charge is 0.480 e. The Morgan fingerprint density at radius 1 is 1.50 bits per heavy atom. The normalized spacial score (nSPS) is 10.9. The van der Waals surface area contributed by atoms with Crippen molar-refractivity contribution in [1.82, 2.24) is 9.38 Å². The molecule has 1 N–H and O–H groups in total. The predicted octanol–water partition coefficient (Wildman–Crippen LogP) is 4.43. The number of fused-ring (bicyclic) bond motifs is 1. The molecule has 0 saturated heterocycles. The Balaban J connectivity index is 1.89. The molecule has 3 aromatic rings. The number of aromatic nitrogens is 2. The second-order valence-electron chi connectivity index (χ2n) is 4.08. The molecular weight excluding hydrogens is 362 g/mol. The summed E-state index contributed by atoms with van der Waals surface area (Å²) in [6, 6.07) is 5.71. The van der Waals surface area contributed by atoms with Crippen LogP contribution in [0.25, 0.3) is 4.96 Å². The van der Waals surface area contributed by atoms with E-state index in [0.29, 0.717) is 17.4 Å². The Morgan fingerprint density at radius 2 is 2.35 bits per heavy atom. The molecule has 0 aliphatic heterocycles. The minimum atomic E-state index is 0.597. The molecule has 0 saturated carbocycles. The third-order valence-electron chi connectivity index (χ3n) is 2.92. The van der Waals surface area contributed by atoms with Crippen LogP contribution in [-0.4, -0.2) is 16.5 Å². The Hall–Kier alpha value is -1.24. The lowest BCUT2D eigenvalue weighted by atomic mass is 10.3. The van der Waals surface area contributed by atoms with Gasteiger partial charge in [0, 0.05) is 11.6 Å². The van der Waals surface area contributed by atoms with E-state index in [0.717, 1.165) is 20.8 Å². The summed E-state index contributed by atoms with van der Waals surface area (Å²) in [7, 11) is 1.63. The summed E-state index contributed by atoms with van der Waals surface area (Å²) < 4.78 is 8.20. The minimum absolute atomic E-state index is 0.597. The van der Waals surface area contributed by atoms with E-state index in [4.69, 9.17) is 16.3 Å². The van der Waals surface area contributed by atoms with Gasteiger partial charge in [0.2, 0.25) is 5.88 Å². The molecule has 20 heavy (non-hydrogen) atoms. The highest BCUT2D eigenvalue weighted by molar-refractivity contribution is 9.10. The van der Waals surface area contributed by atoms with Crippen LogP contribution < -0.4 is 10.1 Å². The van der Waals surface area contributed by atoms with Gasteiger partial charge in [0.25, 0.3) is 0 Å². The van der Waals surface area contributed by atoms with Crippen LogP contribution in [0, 0.1) is 0 Å². The van der Waals surface area contributed by atoms with Gasteiger partial charge >= 0.3 is 0 Å². The number of nitrogens with zero attached hydrogens (tertiary/aromatic N) is 2. The van der Waals surface area contributed by atoms with Gasteiger partial charge in [0.1, 0.15) is 5.69 Å². The second kappa shape index (κ2) is 5.63. The summed E-state index contributed by atoms with van der Waals surface area (Å²) in [6.07, 6.45) is 1.99. The van der Waals surface area contributed by atoms with Crippen molar-refractivity contribution < 1.29 is 4.74 Å². The van der Waals surface area contributed by atoms with E-state index in [1.54, 1.807) is 18.4 Å². The zero-order chi connectivity index (χ0) is 14.1. The molecule has 2 aromatic heterocycles. The first-order chi connectivity index (χ1) is 9.70. The van der Waals surface area contributed by atoms with E-state index >= 15 is 0 Å². The molecule has 0 aliphatic rings. The Bertz CT molecular complexity index is 755. The van der Waals surface area contributed by atoms with Crippen LogP contribution in [0.3, 0.4) is 0 Å². The van der Waals surface area contributed by atoms with E-state index in [2.05, 4.69) is 26.2 Å². The quantitative estimate of drug-likeness (QED) is 0.736. The third-order valence-corrected chi connectivity index (χ3v) is 5.07. The van der Waals surface area contributed by atoms with E-state index in [-0.39, 0.29) is 0 Å². The first-order valence-electron chi connectivity index (χ1n) is 5.87. The zero-order valence-corrected chi connectivity index (χ0v) is 13.7. The number of methoxy groups -OCH3 is 1. The number of benzene rings is 1. The summed E-state index contributed by atoms with van der Waals surface area (Å²) in [5.74, 6) is 0.641. The molecule has 0 fully saturated rings. The van der Waals surface area contributed by atoms with Crippen LogP contribution >= 0.6 is 38.9 Å². The van der Waals surface area contributed by atoms with Crippen LogP contribution in [0.5, 0.6) is 5.88 Å². The van der Waals surface area contributed by atoms with Gasteiger partial charge in [-0.05, 0) is 28.1 Å². The fourth-order valence-electron chi connectivity index (χ4n) is 1.96. The van der Waals surface area contributed by atoms with Gasteiger partial charge in [-0.1, -0.05) is 17.7 Å². The summed E-state index contributed by atoms with van der Waals surface area (Å²) in [5.41, 5.74) is 1.92. The highest BCUT2D eigenvalue weighted by Crippen LogP contribution is 2.31. The van der Waals surface area contributed by atoms with Crippen molar-refractivity contribution in [3.63, 3.8) is 0 Å². The Labute approximate surface area is 133 Å². The number of imidazole rings is 1. The molecular formula is C13H11BrClN3OS. The van der Waals surface area contributed by atoms with Gasteiger partial charge in [-0.25, -0.2) is 0 Å². The highest BCUT2D eigenvalue weighted by atomic mass is 79.9. The van der Waals surface area contributed by atoms with Crippen molar-refractivity contribution in [3.8, 4) is 5.88 Å². The van der Waals surface area contributed by atoms with E-state index < -0.39 is 0 Å². The second-order valence-corrected chi connectivity index (χ2v) is 6.15. The molecule has 0 bridgehead atoms. The average Bonchev–Trinajstić information content (AvgIpc) is 3.01. The summed E-state index contributed by atoms with van der Waals surface area (Å²) in [4.78, 5) is 5.35. The molecule has 0 amide bonds. The molecule has 104 valence electrons. The SMILES string of the molecule is COc1nc2sccn2c1CNc1cccc(Cl)c1Br. The standard InChI is InChI=1S/C13H11BrClN3OS/c1-19-12-10(18-5-6-20-13(18)17-12)7-16-9-4-2-3-8(15)11(9)14/h2-6,16H,7H2,1H3. The van der Waals surface area contributed by atoms with Crippen LogP contribution in [0.15, 0.2) is 34.2 Å². The molecule has 1 aromatic carbocycles. The summed E-state index contributed by atoms with van der Waals surface area (Å²) in [5, 5.41) is 6.02. The van der Waals surface area contributed by atoms with Gasteiger partial charge < -0.3 is 10.1 Å². The predicted molar refractivity (Wildman–Crippen MR) is 86.1 cm³/mol. The van der Waals surface area contributed by atoms with Crippen molar-refractivity contribution in [2.45, 2.75) is 6.54 Å². The lowest BCUT2D eigenvalue weighted by Crippen LogP contribution is -2.04. The number of thiazole rings is 1. The number of hydrogen-bond acceptors (Lipinski definition) is 4. The monoisotopic (exact) mass is 371 g/mol. The highest BCUT2D eigenvalue weighted by Gasteiger charge is 2.14. The van der Waals surface area contributed by atoms with Gasteiger partial charge in [-0.15, -0.1) is 11.3 Å². The van der Waals surface area contributed by atoms with E-state index in [1.807, 2.05) is 34.2 Å². The number of ether oxygens (including phenoxy) is 1. The lowest BCUT2D eigenvalue weighted by molar-refractivity contribution is 0.395. The van der Waals surface area contributed by atoms with Crippen molar-refractivity contribution in [2.75, 3.05) is 12.4 Å². The fourth-order valence-corrected chi connectivity index (χ4v) is 3.26. The van der Waals surface area contributed by atoms with Crippen molar-refractivity contribution in [2.24, 2.45) is 0 Å². The van der Waals surface area contributed by atoms with Crippen molar-refractivity contribution in [1.29, 1.82) is 0 Å². The lowest BCUT2D eigenvalue weighted by Gasteiger charge is -2.10. The average molecular weight is 373 g/mol. The number of halogens is 2. The number of anilines is 1. The van der Waals surface area contributed by atoms with Gasteiger partial charge in [0.05, 0.1) is 28.8 Å². The molecule has 7 heteroatoms. The fraction of sp³-hybridized carbons (Fsp3) is 0.154. The first-order valence-corrected chi connectivity index (χ1v) is 7.92. The minimum Gasteiger partial charge on any atom is -0.480 e. The summed E-state index contributed by atoms with van der Waals surface area (Å²) in [6.45, 7) is 0.597. The molecule has 0 radical (unpaired) electrons. The topological polar surface area (TPSA) is 38.6 Å². The molecule has 2 heterocycles. The van der Waals surface area contributed by atoms with Crippen LogP contribution in [0.1, 0.15) is 5.69 Å². The van der Waals surface area contributed by atoms with Gasteiger partial charge in [0.15, 0.2) is 4.96 Å². The molecule has 4 nitrogen and oxygen atoms in total. The van der Waals surface area contributed by atoms with E-state index in [1.165, 1.54) is 0 Å². The van der Waals surface area contributed by atoms with Crippen LogP contribution in [0.2, 0.25) is 5.02 Å². The maximum absolute atomic E-state index is 6.08. The maximum atomic E-state index is 6.08. The first kappa shape index (κ1) is 13.7. The van der Waals surface area contributed by atoms with Gasteiger partial charge in [-0.2, -0.15) is 4.98 Å². The zero-order valence-electron chi connectivity index (χ0n) is 10.6. The van der Waals surface area contributed by atoms with Gasteiger partial charge in [-0.3, -0.25) is 4.40 Å². The number of nitrogens with one attached hydrogen (secondary N) is 1. The van der Waals surface area contributed by atoms with E-state index in [9.17, 15) is 0 Å².